The van der Waals surface area contributed by atoms with Crippen molar-refractivity contribution in [3.63, 3.8) is 0 Å². The first-order chi connectivity index (χ1) is 12.1. The molecule has 0 aliphatic carbocycles. The fraction of sp³-hybridized carbons (Fsp3) is 0.688. The van der Waals surface area contributed by atoms with E-state index in [-0.39, 0.29) is 0 Å². The Morgan fingerprint density at radius 1 is 1.28 bits per heavy atom. The van der Waals surface area contributed by atoms with Crippen molar-refractivity contribution in [1.29, 1.82) is 0 Å². The Kier molecular flexibility index (Phi) is 8.14. The molecule has 0 saturated carbocycles. The molecule has 1 saturated heterocycles. The molecule has 0 aromatic carbocycles. The third kappa shape index (κ3) is 5.95. The lowest BCUT2D eigenvalue weighted by atomic mass is 10.2. The van der Waals surface area contributed by atoms with Gasteiger partial charge >= 0.3 is 0 Å². The molecular weight excluding hydrogens is 360 g/mol. The number of aliphatic imine (C=N–C) groups is 1. The van der Waals surface area contributed by atoms with Gasteiger partial charge in [-0.25, -0.2) is 8.42 Å². The van der Waals surface area contributed by atoms with Crippen LogP contribution < -0.4 is 10.6 Å². The molecule has 1 aromatic heterocycles. The number of guanidine groups is 1. The fourth-order valence-electron chi connectivity index (χ4n) is 2.64. The lowest BCUT2D eigenvalue weighted by Crippen LogP contribution is -2.37. The van der Waals surface area contributed by atoms with E-state index in [4.69, 9.17) is 4.74 Å². The Hall–Kier alpha value is -1.16. The minimum absolute atomic E-state index is 0.425. The van der Waals surface area contributed by atoms with E-state index in [1.807, 2.05) is 6.07 Å². The number of ether oxygens (including phenoxy) is 1. The molecule has 2 heterocycles. The van der Waals surface area contributed by atoms with Crippen LogP contribution in [0.4, 0.5) is 0 Å². The Labute approximate surface area is 154 Å². The zero-order valence-electron chi connectivity index (χ0n) is 15.0. The van der Waals surface area contributed by atoms with Gasteiger partial charge in [-0.1, -0.05) is 6.42 Å². The number of piperidine rings is 1. The summed E-state index contributed by atoms with van der Waals surface area (Å²) in [7, 11) is 0.0530. The van der Waals surface area contributed by atoms with Gasteiger partial charge in [0.25, 0.3) is 10.0 Å². The highest BCUT2D eigenvalue weighted by Crippen LogP contribution is 2.26. The molecule has 1 aliphatic heterocycles. The highest BCUT2D eigenvalue weighted by molar-refractivity contribution is 7.91. The maximum atomic E-state index is 12.7. The van der Waals surface area contributed by atoms with E-state index in [0.29, 0.717) is 36.4 Å². The van der Waals surface area contributed by atoms with E-state index in [1.165, 1.54) is 11.3 Å². The predicted molar refractivity (Wildman–Crippen MR) is 102 cm³/mol. The summed E-state index contributed by atoms with van der Waals surface area (Å²) in [6, 6.07) is 3.58. The van der Waals surface area contributed by atoms with E-state index < -0.39 is 10.0 Å². The van der Waals surface area contributed by atoms with E-state index in [0.717, 1.165) is 37.1 Å². The summed E-state index contributed by atoms with van der Waals surface area (Å²) in [4.78, 5) is 5.13. The molecule has 0 amide bonds. The van der Waals surface area contributed by atoms with Gasteiger partial charge in [0.2, 0.25) is 0 Å². The number of rotatable bonds is 8. The van der Waals surface area contributed by atoms with Crippen LogP contribution in [0.5, 0.6) is 0 Å². The van der Waals surface area contributed by atoms with Crippen LogP contribution in [-0.4, -0.2) is 59.1 Å². The molecule has 2 rings (SSSR count). The monoisotopic (exact) mass is 388 g/mol. The summed E-state index contributed by atoms with van der Waals surface area (Å²) in [5.74, 6) is 0.699. The van der Waals surface area contributed by atoms with Crippen LogP contribution in [0.2, 0.25) is 0 Å². The number of nitrogens with zero attached hydrogens (tertiary/aromatic N) is 2. The molecular formula is C16H28N4O3S2. The van der Waals surface area contributed by atoms with Crippen LogP contribution in [0.15, 0.2) is 21.3 Å². The van der Waals surface area contributed by atoms with Gasteiger partial charge < -0.3 is 15.4 Å². The lowest BCUT2D eigenvalue weighted by Gasteiger charge is -2.25. The SMILES string of the molecule is CN=C(NCCCOC)NCc1ccc(S(=O)(=O)N2CCCCC2)s1. The summed E-state index contributed by atoms with van der Waals surface area (Å²) in [5, 5.41) is 6.41. The van der Waals surface area contributed by atoms with Gasteiger partial charge in [-0.3, -0.25) is 4.99 Å². The number of hydrogen-bond acceptors (Lipinski definition) is 5. The molecule has 9 heteroatoms. The number of nitrogens with one attached hydrogen (secondary N) is 2. The minimum atomic E-state index is -3.34. The Balaban J connectivity index is 1.88. The summed E-state index contributed by atoms with van der Waals surface area (Å²) < 4.78 is 32.4. The lowest BCUT2D eigenvalue weighted by molar-refractivity contribution is 0.195. The number of methoxy groups -OCH3 is 1. The molecule has 142 valence electrons. The maximum absolute atomic E-state index is 12.7. The second kappa shape index (κ2) is 10.1. The normalized spacial score (nSPS) is 16.8. The second-order valence-electron chi connectivity index (χ2n) is 5.88. The van der Waals surface area contributed by atoms with Gasteiger partial charge in [0.1, 0.15) is 4.21 Å². The van der Waals surface area contributed by atoms with Crippen molar-refractivity contribution in [2.75, 3.05) is 40.4 Å². The van der Waals surface area contributed by atoms with Crippen molar-refractivity contribution in [3.8, 4) is 0 Å². The molecule has 25 heavy (non-hydrogen) atoms. The van der Waals surface area contributed by atoms with Crippen molar-refractivity contribution >= 4 is 27.3 Å². The number of hydrogen-bond donors (Lipinski definition) is 2. The van der Waals surface area contributed by atoms with E-state index in [1.54, 1.807) is 24.5 Å². The first-order valence-electron chi connectivity index (χ1n) is 8.60. The van der Waals surface area contributed by atoms with Crippen molar-refractivity contribution in [2.24, 2.45) is 4.99 Å². The molecule has 0 spiro atoms. The molecule has 2 N–H and O–H groups in total. The molecule has 1 aromatic rings. The average Bonchev–Trinajstić information content (AvgIpc) is 3.12. The first kappa shape index (κ1) is 20.2. The van der Waals surface area contributed by atoms with Crippen LogP contribution in [0.25, 0.3) is 0 Å². The van der Waals surface area contributed by atoms with Crippen LogP contribution in [0.3, 0.4) is 0 Å². The first-order valence-corrected chi connectivity index (χ1v) is 10.9. The fourth-order valence-corrected chi connectivity index (χ4v) is 5.61. The summed E-state index contributed by atoms with van der Waals surface area (Å²) in [6.07, 6.45) is 3.91. The van der Waals surface area contributed by atoms with Gasteiger partial charge in [-0.15, -0.1) is 11.3 Å². The van der Waals surface area contributed by atoms with Gasteiger partial charge in [-0.2, -0.15) is 4.31 Å². The summed E-state index contributed by atoms with van der Waals surface area (Å²) >= 11 is 1.32. The van der Waals surface area contributed by atoms with E-state index in [9.17, 15) is 8.42 Å². The van der Waals surface area contributed by atoms with Crippen LogP contribution >= 0.6 is 11.3 Å². The highest BCUT2D eigenvalue weighted by atomic mass is 32.2. The third-order valence-electron chi connectivity index (χ3n) is 4.02. The average molecular weight is 389 g/mol. The molecule has 0 atom stereocenters. The van der Waals surface area contributed by atoms with Crippen LogP contribution in [0, 0.1) is 0 Å². The third-order valence-corrected chi connectivity index (χ3v) is 7.47. The van der Waals surface area contributed by atoms with E-state index in [2.05, 4.69) is 15.6 Å². The Bertz CT molecular complexity index is 652. The van der Waals surface area contributed by atoms with Gasteiger partial charge in [-0.05, 0) is 31.4 Å². The second-order valence-corrected chi connectivity index (χ2v) is 9.22. The molecule has 1 aliphatic rings. The van der Waals surface area contributed by atoms with Crippen LogP contribution in [-0.2, 0) is 21.3 Å². The zero-order chi connectivity index (χ0) is 18.1. The largest absolute Gasteiger partial charge is 0.385 e. The smallest absolute Gasteiger partial charge is 0.252 e. The predicted octanol–water partition coefficient (Wildman–Crippen LogP) is 1.62. The van der Waals surface area contributed by atoms with Crippen molar-refractivity contribution in [2.45, 2.75) is 36.4 Å². The quantitative estimate of drug-likeness (QED) is 0.402. The number of thiophene rings is 1. The van der Waals surface area contributed by atoms with Gasteiger partial charge in [0, 0.05) is 45.3 Å². The highest BCUT2D eigenvalue weighted by Gasteiger charge is 2.27. The summed E-state index contributed by atoms with van der Waals surface area (Å²) in [6.45, 7) is 3.28. The van der Waals surface area contributed by atoms with E-state index >= 15 is 0 Å². The summed E-state index contributed by atoms with van der Waals surface area (Å²) in [5.41, 5.74) is 0. The molecule has 0 unspecified atom stereocenters. The van der Waals surface area contributed by atoms with Crippen molar-refractivity contribution < 1.29 is 13.2 Å². The van der Waals surface area contributed by atoms with Gasteiger partial charge in [0.05, 0.1) is 6.54 Å². The zero-order valence-corrected chi connectivity index (χ0v) is 16.6. The van der Waals surface area contributed by atoms with Crippen molar-refractivity contribution in [3.05, 3.63) is 17.0 Å². The molecule has 1 fully saturated rings. The minimum Gasteiger partial charge on any atom is -0.385 e. The Morgan fingerprint density at radius 2 is 2.04 bits per heavy atom. The maximum Gasteiger partial charge on any atom is 0.252 e. The molecule has 0 radical (unpaired) electrons. The Morgan fingerprint density at radius 3 is 2.72 bits per heavy atom. The van der Waals surface area contributed by atoms with Crippen LogP contribution in [0.1, 0.15) is 30.6 Å². The molecule has 7 nitrogen and oxygen atoms in total. The van der Waals surface area contributed by atoms with Gasteiger partial charge in [0.15, 0.2) is 5.96 Å². The molecule has 0 bridgehead atoms. The van der Waals surface area contributed by atoms with Crippen molar-refractivity contribution in [1.82, 2.24) is 14.9 Å². The topological polar surface area (TPSA) is 83.0 Å². The number of sulfonamides is 1. The standard InChI is InChI=1S/C16H28N4O3S2/c1-17-16(18-9-6-12-23-2)19-13-14-7-8-15(24-14)25(21,22)20-10-4-3-5-11-20/h7-8H,3-6,9-13H2,1-2H3,(H2,17,18,19).